The van der Waals surface area contributed by atoms with Gasteiger partial charge < -0.3 is 4.74 Å². The van der Waals surface area contributed by atoms with E-state index in [1.54, 1.807) is 18.2 Å². The Kier molecular flexibility index (Phi) is 8.18. The van der Waals surface area contributed by atoms with E-state index in [-0.39, 0.29) is 11.7 Å². The van der Waals surface area contributed by atoms with Gasteiger partial charge in [0.05, 0.1) is 0 Å². The summed E-state index contributed by atoms with van der Waals surface area (Å²) in [7, 11) is 0. The average molecular weight is 469 g/mol. The van der Waals surface area contributed by atoms with Gasteiger partial charge in [0.15, 0.2) is 11.6 Å². The zero-order chi connectivity index (χ0) is 24.1. The van der Waals surface area contributed by atoms with E-state index in [0.717, 1.165) is 62.5 Å². The summed E-state index contributed by atoms with van der Waals surface area (Å²) >= 11 is 0. The molecule has 0 aliphatic heterocycles. The van der Waals surface area contributed by atoms with E-state index in [4.69, 9.17) is 4.74 Å². The van der Waals surface area contributed by atoms with E-state index < -0.39 is 11.6 Å². The Balaban J connectivity index is 1.31. The van der Waals surface area contributed by atoms with E-state index in [2.05, 4.69) is 19.6 Å². The zero-order valence-electron chi connectivity index (χ0n) is 20.1. The van der Waals surface area contributed by atoms with Crippen LogP contribution in [-0.2, 0) is 6.42 Å². The highest BCUT2D eigenvalue weighted by Gasteiger charge is 2.25. The summed E-state index contributed by atoms with van der Waals surface area (Å²) in [6.07, 6.45) is 11.6. The monoisotopic (exact) mass is 468 g/mol. The molecule has 0 saturated heterocycles. The fourth-order valence-corrected chi connectivity index (χ4v) is 5.45. The SMILES string of the molecule is C=CCOc1ccc(C2CCC(CCc3ccc(C4=CCC(C)CC4)c(F)c3F)CC2)c(F)c1. The predicted molar refractivity (Wildman–Crippen MR) is 132 cm³/mol. The first-order valence-corrected chi connectivity index (χ1v) is 12.7. The topological polar surface area (TPSA) is 9.23 Å². The first-order valence-electron chi connectivity index (χ1n) is 12.7. The van der Waals surface area contributed by atoms with Crippen LogP contribution < -0.4 is 4.74 Å². The number of allylic oxidation sites excluding steroid dienone is 2. The van der Waals surface area contributed by atoms with Crippen LogP contribution >= 0.6 is 0 Å². The largest absolute Gasteiger partial charge is 0.489 e. The minimum atomic E-state index is -0.696. The molecule has 0 amide bonds. The van der Waals surface area contributed by atoms with Crippen LogP contribution in [0.2, 0.25) is 0 Å². The molecule has 0 heterocycles. The number of aryl methyl sites for hydroxylation is 1. The Labute approximate surface area is 201 Å². The van der Waals surface area contributed by atoms with Gasteiger partial charge in [0.2, 0.25) is 0 Å². The van der Waals surface area contributed by atoms with Crippen molar-refractivity contribution in [3.63, 3.8) is 0 Å². The van der Waals surface area contributed by atoms with Crippen molar-refractivity contribution in [3.8, 4) is 5.75 Å². The molecule has 2 aliphatic carbocycles. The van der Waals surface area contributed by atoms with Crippen molar-refractivity contribution >= 4 is 5.57 Å². The van der Waals surface area contributed by atoms with Crippen LogP contribution in [0.3, 0.4) is 0 Å². The average Bonchev–Trinajstić information content (AvgIpc) is 2.85. The molecule has 2 aromatic rings. The Morgan fingerprint density at radius 3 is 2.47 bits per heavy atom. The maximum Gasteiger partial charge on any atom is 0.166 e. The predicted octanol–water partition coefficient (Wildman–Crippen LogP) is 8.78. The number of halogens is 3. The molecule has 0 spiro atoms. The molecule has 1 unspecified atom stereocenters. The fraction of sp³-hybridized carbons (Fsp3) is 0.467. The van der Waals surface area contributed by atoms with Gasteiger partial charge in [-0.05, 0) is 98.3 Å². The number of rotatable bonds is 8. The van der Waals surface area contributed by atoms with Gasteiger partial charge >= 0.3 is 0 Å². The second kappa shape index (κ2) is 11.3. The van der Waals surface area contributed by atoms with Crippen molar-refractivity contribution in [2.75, 3.05) is 6.61 Å². The van der Waals surface area contributed by atoms with Gasteiger partial charge in [-0.3, -0.25) is 0 Å². The third-order valence-electron chi connectivity index (χ3n) is 7.63. The smallest absolute Gasteiger partial charge is 0.166 e. The third kappa shape index (κ3) is 5.76. The van der Waals surface area contributed by atoms with Crippen molar-refractivity contribution < 1.29 is 17.9 Å². The molecule has 0 aromatic heterocycles. The van der Waals surface area contributed by atoms with Crippen molar-refractivity contribution in [1.82, 2.24) is 0 Å². The normalized spacial score (nSPS) is 22.8. The maximum absolute atomic E-state index is 14.8. The van der Waals surface area contributed by atoms with Crippen LogP contribution in [0.25, 0.3) is 5.57 Å². The van der Waals surface area contributed by atoms with E-state index >= 15 is 0 Å². The van der Waals surface area contributed by atoms with Crippen LogP contribution in [0.5, 0.6) is 5.75 Å². The molecule has 1 nitrogen and oxygen atoms in total. The van der Waals surface area contributed by atoms with Gasteiger partial charge in [-0.25, -0.2) is 13.2 Å². The number of hydrogen-bond donors (Lipinski definition) is 0. The van der Waals surface area contributed by atoms with Crippen molar-refractivity contribution in [3.05, 3.63) is 83.2 Å². The number of ether oxygens (including phenoxy) is 1. The Morgan fingerprint density at radius 2 is 1.79 bits per heavy atom. The molecule has 34 heavy (non-hydrogen) atoms. The second-order valence-electron chi connectivity index (χ2n) is 10.0. The molecule has 0 radical (unpaired) electrons. The Bertz CT molecular complexity index is 1030. The number of benzene rings is 2. The maximum atomic E-state index is 14.8. The van der Waals surface area contributed by atoms with E-state index in [1.165, 1.54) is 6.07 Å². The van der Waals surface area contributed by atoms with Gasteiger partial charge in [-0.15, -0.1) is 0 Å². The Hall–Kier alpha value is -2.49. The lowest BCUT2D eigenvalue weighted by atomic mass is 9.76. The minimum absolute atomic E-state index is 0.199. The first kappa shape index (κ1) is 24.6. The van der Waals surface area contributed by atoms with Gasteiger partial charge in [-0.1, -0.05) is 43.9 Å². The van der Waals surface area contributed by atoms with Crippen LogP contribution in [0, 0.1) is 29.3 Å². The molecule has 182 valence electrons. The van der Waals surface area contributed by atoms with Crippen LogP contribution in [-0.4, -0.2) is 6.61 Å². The lowest BCUT2D eigenvalue weighted by Gasteiger charge is -2.29. The lowest BCUT2D eigenvalue weighted by Crippen LogP contribution is -2.15. The molecule has 2 aliphatic rings. The molecular weight excluding hydrogens is 433 g/mol. The van der Waals surface area contributed by atoms with Crippen molar-refractivity contribution in [2.24, 2.45) is 11.8 Å². The van der Waals surface area contributed by atoms with Crippen LogP contribution in [0.15, 0.2) is 49.1 Å². The zero-order valence-corrected chi connectivity index (χ0v) is 20.1. The van der Waals surface area contributed by atoms with Gasteiger partial charge in [0.1, 0.15) is 18.2 Å². The van der Waals surface area contributed by atoms with Crippen LogP contribution in [0.4, 0.5) is 13.2 Å². The summed E-state index contributed by atoms with van der Waals surface area (Å²) in [5, 5.41) is 0. The fourth-order valence-electron chi connectivity index (χ4n) is 5.45. The lowest BCUT2D eigenvalue weighted by molar-refractivity contribution is 0.304. The molecule has 0 N–H and O–H groups in total. The number of hydrogen-bond acceptors (Lipinski definition) is 1. The van der Waals surface area contributed by atoms with E-state index in [1.807, 2.05) is 12.1 Å². The molecule has 1 atom stereocenters. The summed E-state index contributed by atoms with van der Waals surface area (Å²) in [6.45, 7) is 6.15. The molecule has 1 fully saturated rings. The summed E-state index contributed by atoms with van der Waals surface area (Å²) < 4.78 is 49.7. The molecule has 4 rings (SSSR count). The van der Waals surface area contributed by atoms with E-state index in [0.29, 0.717) is 41.7 Å². The molecule has 2 aromatic carbocycles. The molecule has 1 saturated carbocycles. The van der Waals surface area contributed by atoms with Crippen molar-refractivity contribution in [2.45, 2.75) is 70.6 Å². The summed E-state index contributed by atoms with van der Waals surface area (Å²) in [5.41, 5.74) is 2.58. The molecule has 4 heteroatoms. The standard InChI is InChI=1S/C30H35F3O/c1-3-18-34-25-15-17-26(28(31)19-25)22-11-6-21(7-12-22)8-13-24-14-16-27(30(33)29(24)32)23-9-4-20(2)5-10-23/h3,9,14-17,19-22H,1,4-8,10-13,18H2,2H3. The van der Waals surface area contributed by atoms with Gasteiger partial charge in [-0.2, -0.15) is 0 Å². The van der Waals surface area contributed by atoms with Crippen LogP contribution in [0.1, 0.15) is 80.9 Å². The summed E-state index contributed by atoms with van der Waals surface area (Å²) in [4.78, 5) is 0. The second-order valence-corrected chi connectivity index (χ2v) is 10.0. The highest BCUT2D eigenvalue weighted by atomic mass is 19.2. The van der Waals surface area contributed by atoms with Gasteiger partial charge in [0, 0.05) is 11.6 Å². The van der Waals surface area contributed by atoms with Crippen molar-refractivity contribution in [1.29, 1.82) is 0 Å². The quantitative estimate of drug-likeness (QED) is 0.352. The third-order valence-corrected chi connectivity index (χ3v) is 7.63. The highest BCUT2D eigenvalue weighted by molar-refractivity contribution is 5.67. The molecule has 0 bridgehead atoms. The van der Waals surface area contributed by atoms with E-state index in [9.17, 15) is 13.2 Å². The minimum Gasteiger partial charge on any atom is -0.489 e. The highest BCUT2D eigenvalue weighted by Crippen LogP contribution is 2.39. The first-order chi connectivity index (χ1) is 16.5. The Morgan fingerprint density at radius 1 is 1.00 bits per heavy atom. The summed E-state index contributed by atoms with van der Waals surface area (Å²) in [6, 6.07) is 8.64. The summed E-state index contributed by atoms with van der Waals surface area (Å²) in [5.74, 6) is 0.182. The van der Waals surface area contributed by atoms with Gasteiger partial charge in [0.25, 0.3) is 0 Å². The molecular formula is C30H35F3O.